The molecule has 12 nitrogen and oxygen atoms in total. The van der Waals surface area contributed by atoms with Crippen LogP contribution < -0.4 is 22.1 Å². The van der Waals surface area contributed by atoms with E-state index in [0.29, 0.717) is 36.4 Å². The molecule has 0 radical (unpaired) electrons. The lowest BCUT2D eigenvalue weighted by molar-refractivity contribution is 0.0674. The molecule has 35 heavy (non-hydrogen) atoms. The normalized spacial score (nSPS) is 21.0. The highest BCUT2D eigenvalue weighted by Gasteiger charge is 2.53. The summed E-state index contributed by atoms with van der Waals surface area (Å²) < 4.78 is 0. The lowest BCUT2D eigenvalue weighted by Crippen LogP contribution is -2.53. The smallest absolute Gasteiger partial charge is 0.267 e. The minimum Gasteiger partial charge on any atom is -0.369 e. The summed E-state index contributed by atoms with van der Waals surface area (Å²) in [5.74, 6) is 0.0927. The number of imidazole rings is 2. The third-order valence-electron chi connectivity index (χ3n) is 6.49. The van der Waals surface area contributed by atoms with Crippen molar-refractivity contribution in [1.29, 1.82) is 0 Å². The van der Waals surface area contributed by atoms with E-state index in [-0.39, 0.29) is 47.9 Å². The maximum Gasteiger partial charge on any atom is 0.267 e. The van der Waals surface area contributed by atoms with Crippen LogP contribution in [0.15, 0.2) is 49.1 Å². The number of aromatic amines is 4. The van der Waals surface area contributed by atoms with E-state index in [1.165, 1.54) is 0 Å². The van der Waals surface area contributed by atoms with Crippen molar-refractivity contribution in [2.45, 2.75) is 11.8 Å². The molecule has 4 heterocycles. The van der Waals surface area contributed by atoms with E-state index in [1.807, 2.05) is 0 Å². The fourth-order valence-electron chi connectivity index (χ4n) is 4.92. The maximum atomic E-state index is 12.6. The molecule has 10 N–H and O–H groups in total. The number of hydrogen-bond donors (Lipinski definition) is 8. The lowest BCUT2D eigenvalue weighted by Gasteiger charge is -2.51. The minimum absolute atomic E-state index is 0. The van der Waals surface area contributed by atoms with Gasteiger partial charge in [-0.25, -0.2) is 9.97 Å². The van der Waals surface area contributed by atoms with Crippen molar-refractivity contribution in [3.05, 3.63) is 71.8 Å². The predicted octanol–water partition coefficient (Wildman–Crippen LogP) is 1.35. The van der Waals surface area contributed by atoms with Crippen LogP contribution >= 0.6 is 12.4 Å². The van der Waals surface area contributed by atoms with Crippen LogP contribution in [-0.2, 0) is 0 Å². The van der Waals surface area contributed by atoms with Crippen molar-refractivity contribution in [2.75, 3.05) is 24.6 Å². The van der Waals surface area contributed by atoms with Crippen LogP contribution in [0.2, 0.25) is 0 Å². The number of H-pyrrole nitrogens is 4. The summed E-state index contributed by atoms with van der Waals surface area (Å²) in [5.41, 5.74) is 14.4. The van der Waals surface area contributed by atoms with Crippen molar-refractivity contribution in [3.8, 4) is 0 Å². The number of nitrogens with one attached hydrogen (secondary N) is 6. The second-order valence-electron chi connectivity index (χ2n) is 8.41. The molecule has 0 aromatic carbocycles. The molecule has 0 spiro atoms. The number of nitrogens with two attached hydrogens (primary N) is 2. The van der Waals surface area contributed by atoms with Crippen molar-refractivity contribution in [3.63, 3.8) is 0 Å². The first-order valence-corrected chi connectivity index (χ1v) is 10.9. The number of halogens is 1. The zero-order valence-corrected chi connectivity index (χ0v) is 19.4. The van der Waals surface area contributed by atoms with E-state index in [9.17, 15) is 9.59 Å². The monoisotopic (exact) mass is 498 g/mol. The van der Waals surface area contributed by atoms with Gasteiger partial charge in [-0.1, -0.05) is 0 Å². The first-order chi connectivity index (χ1) is 16.5. The predicted molar refractivity (Wildman–Crippen MR) is 132 cm³/mol. The largest absolute Gasteiger partial charge is 0.369 e. The summed E-state index contributed by atoms with van der Waals surface area (Å²) in [4.78, 5) is 45.6. The molecular formula is C22H27ClN10O2. The molecule has 1 fully saturated rings. The molecule has 0 saturated heterocycles. The van der Waals surface area contributed by atoms with E-state index in [2.05, 4.69) is 40.5 Å². The highest BCUT2D eigenvalue weighted by Crippen LogP contribution is 2.56. The van der Waals surface area contributed by atoms with Gasteiger partial charge >= 0.3 is 0 Å². The van der Waals surface area contributed by atoms with Crippen molar-refractivity contribution < 1.29 is 9.59 Å². The number of carbonyl (C=O) groups is 2. The summed E-state index contributed by atoms with van der Waals surface area (Å²) in [5, 5.41) is 6.02. The van der Waals surface area contributed by atoms with E-state index >= 15 is 0 Å². The van der Waals surface area contributed by atoms with Crippen molar-refractivity contribution >= 4 is 36.1 Å². The quantitative estimate of drug-likeness (QED) is 0.180. The lowest BCUT2D eigenvalue weighted by atomic mass is 9.54. The van der Waals surface area contributed by atoms with E-state index < -0.39 is 0 Å². The zero-order valence-electron chi connectivity index (χ0n) is 18.6. The Hall–Kier alpha value is -4.19. The van der Waals surface area contributed by atoms with Gasteiger partial charge in [-0.15, -0.1) is 12.4 Å². The number of hydrogen-bond acceptors (Lipinski definition) is 6. The number of carbonyl (C=O) groups excluding carboxylic acids is 2. The second kappa shape index (κ2) is 9.97. The maximum absolute atomic E-state index is 12.6. The van der Waals surface area contributed by atoms with E-state index in [1.54, 1.807) is 49.1 Å². The first kappa shape index (κ1) is 24.0. The van der Waals surface area contributed by atoms with Crippen molar-refractivity contribution in [1.82, 2.24) is 40.5 Å². The topological polar surface area (TPSA) is 199 Å². The molecule has 4 atom stereocenters. The Bertz CT molecular complexity index is 1160. The van der Waals surface area contributed by atoms with Crippen LogP contribution in [0, 0.1) is 11.8 Å². The average molecular weight is 499 g/mol. The highest BCUT2D eigenvalue weighted by atomic mass is 35.5. The molecule has 1 aliphatic carbocycles. The molecule has 4 aromatic heterocycles. The SMILES string of the molecule is Cl.Nc1ncc([C@H]2[C@H](CNC(=O)c3ccc[nH]3)[C@@H](CNC(=O)c3ccc[nH]3)[C@@H]2c2cnc(N)[nH]2)[nH]1. The number of aromatic nitrogens is 6. The van der Waals surface area contributed by atoms with Crippen LogP contribution in [0.25, 0.3) is 0 Å². The molecule has 0 bridgehead atoms. The van der Waals surface area contributed by atoms with Gasteiger partial charge in [-0.05, 0) is 36.1 Å². The summed E-state index contributed by atoms with van der Waals surface area (Å²) in [6.45, 7) is 0.787. The molecule has 4 aromatic rings. The van der Waals surface area contributed by atoms with Crippen LogP contribution in [0.4, 0.5) is 11.9 Å². The number of anilines is 2. The first-order valence-electron chi connectivity index (χ1n) is 10.9. The van der Waals surface area contributed by atoms with Gasteiger partial charge in [-0.3, -0.25) is 9.59 Å². The van der Waals surface area contributed by atoms with Crippen LogP contribution in [0.3, 0.4) is 0 Å². The third kappa shape index (κ3) is 4.73. The molecule has 5 rings (SSSR count). The van der Waals surface area contributed by atoms with E-state index in [0.717, 1.165) is 11.4 Å². The van der Waals surface area contributed by atoms with E-state index in [4.69, 9.17) is 11.5 Å². The molecule has 1 saturated carbocycles. The van der Waals surface area contributed by atoms with Crippen LogP contribution in [0.1, 0.15) is 44.2 Å². The average Bonchev–Trinajstić information content (AvgIpc) is 3.61. The minimum atomic E-state index is -0.198. The standard InChI is InChI=1S/C22H26N10O2.ClH/c23-21-29-9-15(31-21)17-11(7-27-19(33)13-3-1-5-25-13)12(18(17)16-10-30-22(24)32-16)8-28-20(34)14-4-2-6-26-14;/h1-6,9-12,17-18,25-26H,7-8H2,(H,27,33)(H,28,34)(H3,23,29,31)(H3,24,30,32);1H/t11-,12-,17-,18-;/m1./s1. The Kier molecular flexibility index (Phi) is 6.82. The van der Waals surface area contributed by atoms with Gasteiger partial charge in [0.05, 0.1) is 12.4 Å². The van der Waals surface area contributed by atoms with Gasteiger partial charge in [0, 0.05) is 48.7 Å². The van der Waals surface area contributed by atoms with Gasteiger partial charge < -0.3 is 42.0 Å². The molecule has 1 aliphatic rings. The third-order valence-corrected chi connectivity index (χ3v) is 6.49. The Balaban J connectivity index is 0.00000289. The van der Waals surface area contributed by atoms with Crippen LogP contribution in [0.5, 0.6) is 0 Å². The van der Waals surface area contributed by atoms with Gasteiger partial charge in [0.25, 0.3) is 11.8 Å². The molecule has 0 aliphatic heterocycles. The van der Waals surface area contributed by atoms with Gasteiger partial charge in [0.15, 0.2) is 11.9 Å². The molecule has 2 amide bonds. The number of nitrogens with zero attached hydrogens (tertiary/aromatic N) is 2. The van der Waals surface area contributed by atoms with Crippen LogP contribution in [-0.4, -0.2) is 54.8 Å². The van der Waals surface area contributed by atoms with Gasteiger partial charge in [0.2, 0.25) is 0 Å². The molecule has 13 heteroatoms. The summed E-state index contributed by atoms with van der Waals surface area (Å²) in [7, 11) is 0. The number of amides is 2. The summed E-state index contributed by atoms with van der Waals surface area (Å²) >= 11 is 0. The Morgan fingerprint density at radius 1 is 0.800 bits per heavy atom. The number of nitrogen functional groups attached to an aromatic ring is 2. The summed E-state index contributed by atoms with van der Waals surface area (Å²) in [6.07, 6.45) is 6.82. The Morgan fingerprint density at radius 3 is 1.54 bits per heavy atom. The second-order valence-corrected chi connectivity index (χ2v) is 8.41. The Morgan fingerprint density at radius 2 is 1.23 bits per heavy atom. The zero-order chi connectivity index (χ0) is 23.7. The van der Waals surface area contributed by atoms with Gasteiger partial charge in [0.1, 0.15) is 11.4 Å². The fourth-order valence-corrected chi connectivity index (χ4v) is 4.92. The van der Waals surface area contributed by atoms with Crippen molar-refractivity contribution in [2.24, 2.45) is 11.8 Å². The highest BCUT2D eigenvalue weighted by molar-refractivity contribution is 5.92. The molecule has 184 valence electrons. The number of rotatable bonds is 8. The Labute approximate surface area is 206 Å². The fraction of sp³-hybridized carbons (Fsp3) is 0.273. The van der Waals surface area contributed by atoms with Gasteiger partial charge in [-0.2, -0.15) is 0 Å². The molecular weight excluding hydrogens is 472 g/mol. The molecule has 0 unspecified atom stereocenters. The summed E-state index contributed by atoms with van der Waals surface area (Å²) in [6, 6.07) is 6.97.